The zero-order chi connectivity index (χ0) is 8.72. The Hall–Kier alpha value is -1.16. The Kier molecular flexibility index (Phi) is 2.52. The van der Waals surface area contributed by atoms with Gasteiger partial charge in [-0.1, -0.05) is 23.4 Å². The number of carbonyl (C=O) groups excluding carboxylic acids is 2. The summed E-state index contributed by atoms with van der Waals surface area (Å²) in [6, 6.07) is 5.11. The summed E-state index contributed by atoms with van der Waals surface area (Å²) in [6.45, 7) is 0. The molecule has 1 aliphatic rings. The SMILES string of the molecule is C.O=C1Nc2ccc(Br)cc2C1=O. The Balaban J connectivity index is 0.000000845. The van der Waals surface area contributed by atoms with E-state index in [1.807, 2.05) is 0 Å². The molecule has 0 spiro atoms. The summed E-state index contributed by atoms with van der Waals surface area (Å²) in [5.74, 6) is -1.02. The molecule has 13 heavy (non-hydrogen) atoms. The molecule has 1 amide bonds. The van der Waals surface area contributed by atoms with Crippen LogP contribution < -0.4 is 5.32 Å². The van der Waals surface area contributed by atoms with E-state index in [2.05, 4.69) is 21.2 Å². The van der Waals surface area contributed by atoms with Crippen LogP contribution in [0.1, 0.15) is 17.8 Å². The Morgan fingerprint density at radius 2 is 1.92 bits per heavy atom. The third kappa shape index (κ3) is 1.49. The third-order valence-corrected chi connectivity index (χ3v) is 2.17. The molecule has 1 heterocycles. The molecule has 0 saturated carbocycles. The molecule has 0 aromatic heterocycles. The number of carbonyl (C=O) groups is 2. The maximum atomic E-state index is 11.1. The van der Waals surface area contributed by atoms with Gasteiger partial charge in [-0.05, 0) is 18.2 Å². The lowest BCUT2D eigenvalue weighted by molar-refractivity contribution is -0.112. The van der Waals surface area contributed by atoms with Gasteiger partial charge in [0.1, 0.15) is 0 Å². The fourth-order valence-corrected chi connectivity index (χ4v) is 1.48. The highest BCUT2D eigenvalue weighted by Gasteiger charge is 2.27. The van der Waals surface area contributed by atoms with E-state index in [4.69, 9.17) is 0 Å². The van der Waals surface area contributed by atoms with Crippen molar-refractivity contribution < 1.29 is 9.59 Å². The van der Waals surface area contributed by atoms with Gasteiger partial charge in [-0.15, -0.1) is 0 Å². The van der Waals surface area contributed by atoms with E-state index in [1.54, 1.807) is 18.2 Å². The van der Waals surface area contributed by atoms with Gasteiger partial charge in [0.25, 0.3) is 11.7 Å². The van der Waals surface area contributed by atoms with E-state index in [1.165, 1.54) is 0 Å². The molecule has 0 aliphatic carbocycles. The monoisotopic (exact) mass is 241 g/mol. The van der Waals surface area contributed by atoms with E-state index in [-0.39, 0.29) is 7.43 Å². The minimum Gasteiger partial charge on any atom is -0.318 e. The fraction of sp³-hybridized carbons (Fsp3) is 0.111. The van der Waals surface area contributed by atoms with Gasteiger partial charge in [0.2, 0.25) is 0 Å². The lowest BCUT2D eigenvalue weighted by atomic mass is 10.1. The van der Waals surface area contributed by atoms with Gasteiger partial charge in [0, 0.05) is 4.47 Å². The Labute approximate surface area is 84.3 Å². The number of anilines is 1. The molecule has 0 bridgehead atoms. The maximum absolute atomic E-state index is 11.1. The van der Waals surface area contributed by atoms with Crippen molar-refractivity contribution in [2.24, 2.45) is 0 Å². The van der Waals surface area contributed by atoms with Crippen LogP contribution in [0.4, 0.5) is 5.69 Å². The van der Waals surface area contributed by atoms with Crippen molar-refractivity contribution in [3.63, 3.8) is 0 Å². The van der Waals surface area contributed by atoms with Crippen LogP contribution in [0.15, 0.2) is 22.7 Å². The van der Waals surface area contributed by atoms with Crippen molar-refractivity contribution in [1.82, 2.24) is 0 Å². The molecule has 4 heteroatoms. The Morgan fingerprint density at radius 3 is 2.62 bits per heavy atom. The van der Waals surface area contributed by atoms with Crippen molar-refractivity contribution >= 4 is 33.3 Å². The standard InChI is InChI=1S/C8H4BrNO2.CH4/c9-4-1-2-6-5(3-4)7(11)8(12)10-6;/h1-3H,(H,10,11,12);1H4. The lowest BCUT2D eigenvalue weighted by Gasteiger charge is -1.95. The average molecular weight is 242 g/mol. The summed E-state index contributed by atoms with van der Waals surface area (Å²) in [5, 5.41) is 2.47. The van der Waals surface area contributed by atoms with Crippen molar-refractivity contribution in [3.8, 4) is 0 Å². The Bertz CT molecular complexity index is 387. The number of Topliss-reactive ketones (excluding diaryl/α,β-unsaturated/α-hetero) is 1. The predicted molar refractivity (Wildman–Crippen MR) is 53.8 cm³/mol. The molecule has 68 valence electrons. The molecule has 2 rings (SSSR count). The second kappa shape index (κ2) is 3.30. The number of nitrogens with one attached hydrogen (secondary N) is 1. The lowest BCUT2D eigenvalue weighted by Crippen LogP contribution is -2.12. The van der Waals surface area contributed by atoms with Gasteiger partial charge < -0.3 is 5.32 Å². The maximum Gasteiger partial charge on any atom is 0.296 e. The molecule has 0 atom stereocenters. The van der Waals surface area contributed by atoms with Gasteiger partial charge in [-0.2, -0.15) is 0 Å². The molecule has 1 aromatic carbocycles. The fourth-order valence-electron chi connectivity index (χ4n) is 1.11. The van der Waals surface area contributed by atoms with Crippen molar-refractivity contribution in [1.29, 1.82) is 0 Å². The summed E-state index contributed by atoms with van der Waals surface area (Å²) >= 11 is 3.22. The highest BCUT2D eigenvalue weighted by molar-refractivity contribution is 9.10. The van der Waals surface area contributed by atoms with Gasteiger partial charge in [0.05, 0.1) is 11.3 Å². The molecular weight excluding hydrogens is 234 g/mol. The summed E-state index contributed by atoms with van der Waals surface area (Å²) in [4.78, 5) is 22.0. The van der Waals surface area contributed by atoms with Crippen LogP contribution in [0.25, 0.3) is 0 Å². The minimum absolute atomic E-state index is 0. The zero-order valence-corrected chi connectivity index (χ0v) is 7.51. The number of ketones is 1. The number of amides is 1. The van der Waals surface area contributed by atoms with E-state index in [0.29, 0.717) is 11.3 Å². The van der Waals surface area contributed by atoms with Gasteiger partial charge >= 0.3 is 0 Å². The topological polar surface area (TPSA) is 46.2 Å². The highest BCUT2D eigenvalue weighted by Crippen LogP contribution is 2.25. The van der Waals surface area contributed by atoms with Gasteiger partial charge in [0.15, 0.2) is 0 Å². The second-order valence-electron chi connectivity index (χ2n) is 2.47. The number of halogens is 1. The zero-order valence-electron chi connectivity index (χ0n) is 5.93. The highest BCUT2D eigenvalue weighted by atomic mass is 79.9. The Morgan fingerprint density at radius 1 is 1.23 bits per heavy atom. The van der Waals surface area contributed by atoms with Crippen molar-refractivity contribution in [2.45, 2.75) is 7.43 Å². The van der Waals surface area contributed by atoms with Crippen molar-refractivity contribution in [2.75, 3.05) is 5.32 Å². The molecule has 0 unspecified atom stereocenters. The van der Waals surface area contributed by atoms with Crippen LogP contribution >= 0.6 is 15.9 Å². The molecular formula is C9H8BrNO2. The molecule has 0 saturated heterocycles. The summed E-state index contributed by atoms with van der Waals surface area (Å²) in [7, 11) is 0. The van der Waals surface area contributed by atoms with Crippen LogP contribution in [-0.4, -0.2) is 11.7 Å². The summed E-state index contributed by atoms with van der Waals surface area (Å²) in [5.41, 5.74) is 1.03. The van der Waals surface area contributed by atoms with Crippen LogP contribution in [0.3, 0.4) is 0 Å². The molecule has 1 aromatic rings. The van der Waals surface area contributed by atoms with E-state index >= 15 is 0 Å². The third-order valence-electron chi connectivity index (χ3n) is 1.68. The molecule has 3 nitrogen and oxygen atoms in total. The summed E-state index contributed by atoms with van der Waals surface area (Å²) < 4.78 is 0.797. The van der Waals surface area contributed by atoms with Crippen LogP contribution in [-0.2, 0) is 4.79 Å². The first-order chi connectivity index (χ1) is 5.68. The largest absolute Gasteiger partial charge is 0.318 e. The average Bonchev–Trinajstić information content (AvgIpc) is 2.31. The summed E-state index contributed by atoms with van der Waals surface area (Å²) in [6.07, 6.45) is 0. The number of benzene rings is 1. The molecule has 1 aliphatic heterocycles. The number of fused-ring (bicyclic) bond motifs is 1. The minimum atomic E-state index is -0.553. The first kappa shape index (κ1) is 9.92. The normalized spacial score (nSPS) is 13.3. The van der Waals surface area contributed by atoms with Crippen LogP contribution in [0.5, 0.6) is 0 Å². The number of hydrogen-bond donors (Lipinski definition) is 1. The van der Waals surface area contributed by atoms with E-state index in [0.717, 1.165) is 4.47 Å². The molecule has 0 fully saturated rings. The van der Waals surface area contributed by atoms with E-state index in [9.17, 15) is 9.59 Å². The molecule has 0 radical (unpaired) electrons. The predicted octanol–water partition coefficient (Wildman–Crippen LogP) is 2.22. The quantitative estimate of drug-likeness (QED) is 0.709. The molecule has 1 N–H and O–H groups in total. The van der Waals surface area contributed by atoms with Crippen molar-refractivity contribution in [3.05, 3.63) is 28.2 Å². The second-order valence-corrected chi connectivity index (χ2v) is 3.39. The van der Waals surface area contributed by atoms with E-state index < -0.39 is 11.7 Å². The number of rotatable bonds is 0. The first-order valence-corrected chi connectivity index (χ1v) is 4.13. The number of hydrogen-bond acceptors (Lipinski definition) is 2. The van der Waals surface area contributed by atoms with Gasteiger partial charge in [-0.3, -0.25) is 9.59 Å². The smallest absolute Gasteiger partial charge is 0.296 e. The first-order valence-electron chi connectivity index (χ1n) is 3.34. The van der Waals surface area contributed by atoms with Crippen LogP contribution in [0, 0.1) is 0 Å². The van der Waals surface area contributed by atoms with Crippen LogP contribution in [0.2, 0.25) is 0 Å². The van der Waals surface area contributed by atoms with Gasteiger partial charge in [-0.25, -0.2) is 0 Å².